The maximum Gasteiger partial charge on any atom is 0.0686 e. The smallest absolute Gasteiger partial charge is 0.0686 e. The molecule has 3 nitrogen and oxygen atoms in total. The average molecular weight is 349 g/mol. The highest BCUT2D eigenvalue weighted by Gasteiger charge is 2.17. The molecule has 5 heteroatoms. The molecule has 16 heavy (non-hydrogen) atoms. The number of nitrogens with two attached hydrogens (primary N) is 1. The first-order chi connectivity index (χ1) is 7.65. The van der Waals surface area contributed by atoms with Gasteiger partial charge in [0.15, 0.2) is 0 Å². The highest BCUT2D eigenvalue weighted by Crippen LogP contribution is 2.21. The molecule has 1 aliphatic rings. The minimum Gasteiger partial charge on any atom is -0.327 e. The summed E-state index contributed by atoms with van der Waals surface area (Å²) < 4.78 is 2.06. The maximum atomic E-state index is 5.96. The molecule has 1 unspecified atom stereocenters. The third-order valence-electron chi connectivity index (χ3n) is 2.80. The molecule has 0 saturated carbocycles. The van der Waals surface area contributed by atoms with Crippen molar-refractivity contribution in [3.63, 3.8) is 0 Å². The van der Waals surface area contributed by atoms with Gasteiger partial charge in [0, 0.05) is 34.3 Å². The molecule has 2 heterocycles. The quantitative estimate of drug-likeness (QED) is 0.892. The van der Waals surface area contributed by atoms with Crippen LogP contribution in [0.15, 0.2) is 21.2 Å². The van der Waals surface area contributed by atoms with Gasteiger partial charge < -0.3 is 5.73 Å². The van der Waals surface area contributed by atoms with Crippen LogP contribution in [0, 0.1) is 0 Å². The number of rotatable bonds is 2. The lowest BCUT2D eigenvalue weighted by atomic mass is 10.1. The molecule has 88 valence electrons. The van der Waals surface area contributed by atoms with Gasteiger partial charge in [0.2, 0.25) is 0 Å². The van der Waals surface area contributed by atoms with Crippen LogP contribution in [0.4, 0.5) is 0 Å². The van der Waals surface area contributed by atoms with Gasteiger partial charge in [-0.15, -0.1) is 0 Å². The van der Waals surface area contributed by atoms with E-state index in [9.17, 15) is 0 Å². The summed E-state index contributed by atoms with van der Waals surface area (Å²) in [5.41, 5.74) is 7.04. The average Bonchev–Trinajstić information content (AvgIpc) is 2.22. The van der Waals surface area contributed by atoms with Gasteiger partial charge in [0.1, 0.15) is 0 Å². The summed E-state index contributed by atoms with van der Waals surface area (Å²) >= 11 is 6.94. The van der Waals surface area contributed by atoms with Crippen LogP contribution in [-0.4, -0.2) is 29.0 Å². The number of piperidine rings is 1. The fourth-order valence-corrected chi connectivity index (χ4v) is 3.12. The first kappa shape index (κ1) is 12.5. The molecule has 2 rings (SSSR count). The zero-order valence-corrected chi connectivity index (χ0v) is 12.2. The molecule has 1 atom stereocenters. The van der Waals surface area contributed by atoms with Gasteiger partial charge in [-0.25, -0.2) is 0 Å². The largest absolute Gasteiger partial charge is 0.327 e. The summed E-state index contributed by atoms with van der Waals surface area (Å²) in [6, 6.07) is 2.36. The van der Waals surface area contributed by atoms with E-state index in [-0.39, 0.29) is 0 Å². The van der Waals surface area contributed by atoms with Crippen LogP contribution in [0.25, 0.3) is 0 Å². The zero-order chi connectivity index (χ0) is 11.5. The second-order valence-electron chi connectivity index (χ2n) is 4.22. The van der Waals surface area contributed by atoms with E-state index in [1.807, 2.05) is 12.3 Å². The minimum absolute atomic E-state index is 0.322. The molecule has 0 aliphatic carbocycles. The second kappa shape index (κ2) is 5.58. The van der Waals surface area contributed by atoms with Crippen LogP contribution in [0.2, 0.25) is 0 Å². The van der Waals surface area contributed by atoms with Gasteiger partial charge in [-0.3, -0.25) is 9.88 Å². The molecule has 0 radical (unpaired) electrons. The van der Waals surface area contributed by atoms with E-state index in [0.29, 0.717) is 6.04 Å². The van der Waals surface area contributed by atoms with Crippen LogP contribution in [0.1, 0.15) is 18.5 Å². The Morgan fingerprint density at radius 2 is 2.31 bits per heavy atom. The van der Waals surface area contributed by atoms with Gasteiger partial charge in [-0.2, -0.15) is 0 Å². The lowest BCUT2D eigenvalue weighted by Crippen LogP contribution is -2.42. The SMILES string of the molecule is NC1CCCN(Cc2ncc(Br)cc2Br)C1. The molecule has 0 spiro atoms. The second-order valence-corrected chi connectivity index (χ2v) is 5.99. The van der Waals surface area contributed by atoms with Crippen molar-refractivity contribution in [1.82, 2.24) is 9.88 Å². The van der Waals surface area contributed by atoms with Gasteiger partial charge in [0.25, 0.3) is 0 Å². The third kappa shape index (κ3) is 3.26. The minimum atomic E-state index is 0.322. The standard InChI is InChI=1S/C11H15Br2N3/c12-8-4-10(13)11(15-5-8)7-16-3-1-2-9(14)6-16/h4-5,9H,1-3,6-7,14H2. The van der Waals surface area contributed by atoms with E-state index in [0.717, 1.165) is 40.7 Å². The highest BCUT2D eigenvalue weighted by atomic mass is 79.9. The van der Waals surface area contributed by atoms with Crippen LogP contribution in [0.5, 0.6) is 0 Å². The Morgan fingerprint density at radius 3 is 3.00 bits per heavy atom. The highest BCUT2D eigenvalue weighted by molar-refractivity contribution is 9.11. The number of hydrogen-bond donors (Lipinski definition) is 1. The lowest BCUT2D eigenvalue weighted by Gasteiger charge is -2.30. The van der Waals surface area contributed by atoms with Crippen molar-refractivity contribution < 1.29 is 0 Å². The van der Waals surface area contributed by atoms with Crippen molar-refractivity contribution >= 4 is 31.9 Å². The molecule has 1 aliphatic heterocycles. The predicted octanol–water partition coefficient (Wildman–Crippen LogP) is 2.53. The van der Waals surface area contributed by atoms with E-state index < -0.39 is 0 Å². The normalized spacial score (nSPS) is 22.3. The number of aromatic nitrogens is 1. The maximum absolute atomic E-state index is 5.96. The van der Waals surface area contributed by atoms with Gasteiger partial charge in [-0.05, 0) is 57.3 Å². The molecule has 1 aromatic rings. The Labute approximate surface area is 113 Å². The van der Waals surface area contributed by atoms with Gasteiger partial charge in [0.05, 0.1) is 5.69 Å². The van der Waals surface area contributed by atoms with Gasteiger partial charge in [-0.1, -0.05) is 0 Å². The first-order valence-electron chi connectivity index (χ1n) is 5.43. The number of nitrogens with zero attached hydrogens (tertiary/aromatic N) is 2. The van der Waals surface area contributed by atoms with Crippen LogP contribution in [-0.2, 0) is 6.54 Å². The van der Waals surface area contributed by atoms with E-state index in [1.165, 1.54) is 6.42 Å². The molecular formula is C11H15Br2N3. The van der Waals surface area contributed by atoms with E-state index in [4.69, 9.17) is 5.73 Å². The molecular weight excluding hydrogens is 334 g/mol. The van der Waals surface area contributed by atoms with Crippen LogP contribution >= 0.6 is 31.9 Å². The number of likely N-dealkylation sites (tertiary alicyclic amines) is 1. The Hall–Kier alpha value is 0.0300. The summed E-state index contributed by atoms with van der Waals surface area (Å²) in [4.78, 5) is 6.79. The summed E-state index contributed by atoms with van der Waals surface area (Å²) in [6.45, 7) is 2.98. The summed E-state index contributed by atoms with van der Waals surface area (Å²) in [5.74, 6) is 0. The monoisotopic (exact) mass is 347 g/mol. The predicted molar refractivity (Wildman–Crippen MR) is 72.1 cm³/mol. The molecule has 1 fully saturated rings. The number of halogens is 2. The third-order valence-corrected chi connectivity index (χ3v) is 3.92. The Bertz CT molecular complexity index is 370. The summed E-state index contributed by atoms with van der Waals surface area (Å²) in [7, 11) is 0. The lowest BCUT2D eigenvalue weighted by molar-refractivity contribution is 0.199. The van der Waals surface area contributed by atoms with Crippen LogP contribution in [0.3, 0.4) is 0 Å². The molecule has 0 bridgehead atoms. The molecule has 0 aromatic carbocycles. The van der Waals surface area contributed by atoms with E-state index in [1.54, 1.807) is 0 Å². The van der Waals surface area contributed by atoms with Crippen LogP contribution < -0.4 is 5.73 Å². The van der Waals surface area contributed by atoms with Gasteiger partial charge >= 0.3 is 0 Å². The Balaban J connectivity index is 2.02. The van der Waals surface area contributed by atoms with Crippen molar-refractivity contribution in [1.29, 1.82) is 0 Å². The van der Waals surface area contributed by atoms with E-state index >= 15 is 0 Å². The van der Waals surface area contributed by atoms with Crippen molar-refractivity contribution in [2.45, 2.75) is 25.4 Å². The Morgan fingerprint density at radius 1 is 1.50 bits per heavy atom. The molecule has 1 aromatic heterocycles. The topological polar surface area (TPSA) is 42.1 Å². The first-order valence-corrected chi connectivity index (χ1v) is 7.01. The van der Waals surface area contributed by atoms with Crippen molar-refractivity contribution in [3.8, 4) is 0 Å². The zero-order valence-electron chi connectivity index (χ0n) is 9.00. The van der Waals surface area contributed by atoms with Crippen molar-refractivity contribution in [2.75, 3.05) is 13.1 Å². The fraction of sp³-hybridized carbons (Fsp3) is 0.545. The molecule has 2 N–H and O–H groups in total. The Kier molecular flexibility index (Phi) is 4.35. The summed E-state index contributed by atoms with van der Waals surface area (Å²) in [5, 5.41) is 0. The van der Waals surface area contributed by atoms with E-state index in [2.05, 4.69) is 41.7 Å². The fourth-order valence-electron chi connectivity index (χ4n) is 2.01. The summed E-state index contributed by atoms with van der Waals surface area (Å²) in [6.07, 6.45) is 4.17. The molecule has 0 amide bonds. The molecule has 1 saturated heterocycles. The van der Waals surface area contributed by atoms with Crippen molar-refractivity contribution in [3.05, 3.63) is 26.9 Å². The van der Waals surface area contributed by atoms with Crippen molar-refractivity contribution in [2.24, 2.45) is 5.73 Å². The number of pyridine rings is 1. The number of hydrogen-bond acceptors (Lipinski definition) is 3.